The first-order chi connectivity index (χ1) is 4.16. The molecular weight excluding hydrogens is 120 g/mol. The Hall–Kier alpha value is -0.120. The topological polar surface area (TPSA) is 38.7 Å². The zero-order valence-electron chi connectivity index (χ0n) is 6.13. The molecule has 56 valence electrons. The largest absolute Gasteiger partial charge is 0.221 e. The molecule has 9 heavy (non-hydrogen) atoms. The van der Waals surface area contributed by atoms with Gasteiger partial charge in [0.1, 0.15) is 0 Å². The van der Waals surface area contributed by atoms with Crippen molar-refractivity contribution in [3.8, 4) is 0 Å². The molecule has 0 aromatic heterocycles. The fourth-order valence-corrected chi connectivity index (χ4v) is 0.777. The average molecular weight is 134 g/mol. The first kappa shape index (κ1) is 8.88. The number of rotatable bonds is 4. The molecule has 3 heteroatoms. The van der Waals surface area contributed by atoms with E-state index >= 15 is 0 Å². The maximum absolute atomic E-state index is 7.83. The molecule has 1 unspecified atom stereocenters. The van der Waals surface area contributed by atoms with Gasteiger partial charge in [0, 0.05) is 0 Å². The molecule has 0 bridgehead atoms. The van der Waals surface area contributed by atoms with E-state index in [1.807, 2.05) is 6.92 Å². The summed E-state index contributed by atoms with van der Waals surface area (Å²) in [7, 11) is 0. The molecule has 1 N–H and O–H groups in total. The molecule has 0 saturated carbocycles. The Balaban J connectivity index is 3.15. The molecular formula is C6H14O3. The van der Waals surface area contributed by atoms with Crippen LogP contribution in [0.4, 0.5) is 0 Å². The minimum absolute atomic E-state index is 0.0324. The molecule has 0 aliphatic heterocycles. The molecule has 0 aliphatic carbocycles. The van der Waals surface area contributed by atoms with Gasteiger partial charge in [-0.3, -0.25) is 0 Å². The average Bonchev–Trinajstić information content (AvgIpc) is 1.63. The highest BCUT2D eigenvalue weighted by Crippen LogP contribution is 2.06. The van der Waals surface area contributed by atoms with Gasteiger partial charge in [0.25, 0.3) is 0 Å². The van der Waals surface area contributed by atoms with Crippen molar-refractivity contribution < 1.29 is 15.2 Å². The van der Waals surface area contributed by atoms with Crippen LogP contribution in [0.15, 0.2) is 0 Å². The highest BCUT2D eigenvalue weighted by Gasteiger charge is 2.04. The van der Waals surface area contributed by atoms with Gasteiger partial charge in [0.2, 0.25) is 0 Å². The Morgan fingerprint density at radius 2 is 1.89 bits per heavy atom. The summed E-state index contributed by atoms with van der Waals surface area (Å²) in [6.07, 6.45) is 0.857. The van der Waals surface area contributed by atoms with E-state index in [9.17, 15) is 0 Å². The van der Waals surface area contributed by atoms with E-state index in [0.29, 0.717) is 5.92 Å². The predicted molar refractivity (Wildman–Crippen MR) is 33.7 cm³/mol. The summed E-state index contributed by atoms with van der Waals surface area (Å²) in [6.45, 7) is 6.00. The minimum Gasteiger partial charge on any atom is -0.221 e. The summed E-state index contributed by atoms with van der Waals surface area (Å²) in [5, 5.41) is 11.3. The third-order valence-corrected chi connectivity index (χ3v) is 1.01. The third kappa shape index (κ3) is 5.76. The predicted octanol–water partition coefficient (Wildman–Crippen LogP) is 1.84. The Morgan fingerprint density at radius 3 is 2.22 bits per heavy atom. The van der Waals surface area contributed by atoms with Gasteiger partial charge in [-0.25, -0.2) is 10.1 Å². The molecule has 0 saturated heterocycles. The SMILES string of the molecule is CC(C)CC(C)OOO. The molecule has 3 nitrogen and oxygen atoms in total. The molecule has 0 heterocycles. The molecule has 0 amide bonds. The molecule has 0 rings (SSSR count). The molecule has 0 spiro atoms. The highest BCUT2D eigenvalue weighted by molar-refractivity contribution is 4.50. The molecule has 0 radical (unpaired) electrons. The lowest BCUT2D eigenvalue weighted by molar-refractivity contribution is -0.505. The summed E-state index contributed by atoms with van der Waals surface area (Å²) in [4.78, 5) is 4.41. The third-order valence-electron chi connectivity index (χ3n) is 1.01. The minimum atomic E-state index is -0.0324. The molecule has 1 atom stereocenters. The van der Waals surface area contributed by atoms with Gasteiger partial charge in [0.15, 0.2) is 0 Å². The van der Waals surface area contributed by atoms with Crippen molar-refractivity contribution in [1.29, 1.82) is 0 Å². The highest BCUT2D eigenvalue weighted by atomic mass is 17.5. The van der Waals surface area contributed by atoms with Crippen molar-refractivity contribution in [3.05, 3.63) is 0 Å². The number of hydrogen-bond acceptors (Lipinski definition) is 3. The second-order valence-electron chi connectivity index (χ2n) is 2.61. The Labute approximate surface area is 55.4 Å². The van der Waals surface area contributed by atoms with Crippen LogP contribution in [0.5, 0.6) is 0 Å². The Morgan fingerprint density at radius 1 is 1.33 bits per heavy atom. The van der Waals surface area contributed by atoms with Crippen LogP contribution in [0.3, 0.4) is 0 Å². The van der Waals surface area contributed by atoms with E-state index in [-0.39, 0.29) is 6.10 Å². The zero-order chi connectivity index (χ0) is 7.28. The van der Waals surface area contributed by atoms with Crippen molar-refractivity contribution in [1.82, 2.24) is 0 Å². The lowest BCUT2D eigenvalue weighted by atomic mass is 10.1. The quantitative estimate of drug-likeness (QED) is 0.471. The van der Waals surface area contributed by atoms with E-state index in [0.717, 1.165) is 6.42 Å². The van der Waals surface area contributed by atoms with E-state index < -0.39 is 0 Å². The van der Waals surface area contributed by atoms with Gasteiger partial charge in [-0.15, -0.1) is 0 Å². The van der Waals surface area contributed by atoms with E-state index in [1.165, 1.54) is 0 Å². The summed E-state index contributed by atoms with van der Waals surface area (Å²) < 4.78 is 0. The van der Waals surface area contributed by atoms with Gasteiger partial charge < -0.3 is 0 Å². The van der Waals surface area contributed by atoms with Crippen molar-refractivity contribution in [3.63, 3.8) is 0 Å². The summed E-state index contributed by atoms with van der Waals surface area (Å²) >= 11 is 0. The lowest BCUT2D eigenvalue weighted by Crippen LogP contribution is -2.10. The zero-order valence-corrected chi connectivity index (χ0v) is 6.13. The first-order valence-corrected chi connectivity index (χ1v) is 3.13. The molecule has 0 aromatic rings. The van der Waals surface area contributed by atoms with Crippen LogP contribution in [0.25, 0.3) is 0 Å². The van der Waals surface area contributed by atoms with Crippen LogP contribution < -0.4 is 0 Å². The van der Waals surface area contributed by atoms with Crippen LogP contribution >= 0.6 is 0 Å². The van der Waals surface area contributed by atoms with Crippen LogP contribution in [0.2, 0.25) is 0 Å². The summed E-state index contributed by atoms with van der Waals surface area (Å²) in [6, 6.07) is 0. The lowest BCUT2D eigenvalue weighted by Gasteiger charge is -2.09. The van der Waals surface area contributed by atoms with Crippen LogP contribution in [-0.4, -0.2) is 11.4 Å². The van der Waals surface area contributed by atoms with Gasteiger partial charge in [-0.05, 0) is 19.3 Å². The fraction of sp³-hybridized carbons (Fsp3) is 1.00. The van der Waals surface area contributed by atoms with Gasteiger partial charge in [0.05, 0.1) is 6.10 Å². The van der Waals surface area contributed by atoms with Gasteiger partial charge >= 0.3 is 0 Å². The van der Waals surface area contributed by atoms with Crippen molar-refractivity contribution in [2.24, 2.45) is 5.92 Å². The summed E-state index contributed by atoms with van der Waals surface area (Å²) in [5.74, 6) is 0.565. The van der Waals surface area contributed by atoms with Crippen LogP contribution in [0.1, 0.15) is 27.2 Å². The maximum Gasteiger partial charge on any atom is 0.0935 e. The van der Waals surface area contributed by atoms with E-state index in [2.05, 4.69) is 23.8 Å². The normalized spacial score (nSPS) is 14.3. The van der Waals surface area contributed by atoms with Gasteiger partial charge in [-0.1, -0.05) is 18.9 Å². The van der Waals surface area contributed by atoms with Crippen LogP contribution in [0, 0.1) is 5.92 Å². The smallest absolute Gasteiger partial charge is 0.0935 e. The summed E-state index contributed by atoms with van der Waals surface area (Å²) in [5.41, 5.74) is 0. The van der Waals surface area contributed by atoms with Crippen molar-refractivity contribution in [2.75, 3.05) is 0 Å². The second-order valence-corrected chi connectivity index (χ2v) is 2.61. The van der Waals surface area contributed by atoms with Crippen LogP contribution in [-0.2, 0) is 9.93 Å². The van der Waals surface area contributed by atoms with Crippen molar-refractivity contribution >= 4 is 0 Å². The molecule has 0 fully saturated rings. The maximum atomic E-state index is 7.83. The second kappa shape index (κ2) is 4.73. The number of hydrogen-bond donors (Lipinski definition) is 1. The Bertz CT molecular complexity index is 63.3. The standard InChI is InChI=1S/C6H14O3/c1-5(2)4-6(3)8-9-7/h5-7H,4H2,1-3H3. The molecule has 0 aromatic carbocycles. The molecule has 0 aliphatic rings. The van der Waals surface area contributed by atoms with E-state index in [1.54, 1.807) is 0 Å². The van der Waals surface area contributed by atoms with Crippen molar-refractivity contribution in [2.45, 2.75) is 33.3 Å². The van der Waals surface area contributed by atoms with Gasteiger partial charge in [-0.2, -0.15) is 0 Å². The Kier molecular flexibility index (Phi) is 4.67. The fourth-order valence-electron chi connectivity index (χ4n) is 0.777. The van der Waals surface area contributed by atoms with E-state index in [4.69, 9.17) is 5.26 Å². The monoisotopic (exact) mass is 134 g/mol. The first-order valence-electron chi connectivity index (χ1n) is 3.13.